The van der Waals surface area contributed by atoms with E-state index >= 15 is 0 Å². The highest BCUT2D eigenvalue weighted by molar-refractivity contribution is 14.1. The molecule has 0 saturated heterocycles. The number of imidazole rings is 1. The fourth-order valence-electron chi connectivity index (χ4n) is 1.77. The van der Waals surface area contributed by atoms with Crippen LogP contribution in [0.15, 0.2) is 18.2 Å². The molecule has 0 bridgehead atoms. The molecule has 2 rings (SSSR count). The Kier molecular flexibility index (Phi) is 3.13. The Morgan fingerprint density at radius 3 is 2.69 bits per heavy atom. The highest BCUT2D eigenvalue weighted by Crippen LogP contribution is 2.22. The molecule has 1 aromatic carbocycles. The molecule has 0 fully saturated rings. The molecule has 0 spiro atoms. The summed E-state index contributed by atoms with van der Waals surface area (Å²) in [6.45, 7) is 7.60. The van der Waals surface area contributed by atoms with Crippen molar-refractivity contribution in [1.29, 1.82) is 0 Å². The summed E-state index contributed by atoms with van der Waals surface area (Å²) in [6.07, 6.45) is 0. The van der Waals surface area contributed by atoms with Gasteiger partial charge in [0.25, 0.3) is 0 Å². The van der Waals surface area contributed by atoms with Gasteiger partial charge in [0, 0.05) is 10.1 Å². The van der Waals surface area contributed by atoms with Gasteiger partial charge in [-0.1, -0.05) is 20.8 Å². The summed E-state index contributed by atoms with van der Waals surface area (Å²) in [5.41, 5.74) is 2.55. The maximum Gasteiger partial charge on any atom is 0.178 e. The smallest absolute Gasteiger partial charge is 0.178 e. The lowest BCUT2D eigenvalue weighted by Gasteiger charge is -2.19. The third-order valence-electron chi connectivity index (χ3n) is 2.37. The molecule has 2 nitrogen and oxygen atoms in total. The molecule has 16 heavy (non-hydrogen) atoms. The van der Waals surface area contributed by atoms with Gasteiger partial charge in [0.15, 0.2) is 4.77 Å². The molecule has 0 radical (unpaired) electrons. The van der Waals surface area contributed by atoms with E-state index in [1.807, 2.05) is 0 Å². The predicted octanol–water partition coefficient (Wildman–Crippen LogP) is 4.35. The Bertz CT molecular complexity index is 575. The first kappa shape index (κ1) is 12.1. The van der Waals surface area contributed by atoms with Crippen LogP contribution in [0.4, 0.5) is 0 Å². The lowest BCUT2D eigenvalue weighted by atomic mass is 9.97. The number of aromatic amines is 1. The molecule has 1 N–H and O–H groups in total. The van der Waals surface area contributed by atoms with E-state index in [2.05, 4.69) is 71.1 Å². The summed E-state index contributed by atoms with van der Waals surface area (Å²) in [5, 5.41) is 0. The van der Waals surface area contributed by atoms with E-state index in [1.165, 1.54) is 9.09 Å². The normalized spacial score (nSPS) is 12.2. The number of hydrogen-bond donors (Lipinski definition) is 1. The molecule has 0 amide bonds. The number of hydrogen-bond acceptors (Lipinski definition) is 1. The van der Waals surface area contributed by atoms with Crippen LogP contribution in [0.5, 0.6) is 0 Å². The average molecular weight is 346 g/mol. The minimum Gasteiger partial charge on any atom is -0.331 e. The van der Waals surface area contributed by atoms with Gasteiger partial charge >= 0.3 is 0 Å². The van der Waals surface area contributed by atoms with E-state index in [0.717, 1.165) is 16.8 Å². The predicted molar refractivity (Wildman–Crippen MR) is 79.3 cm³/mol. The Morgan fingerprint density at radius 2 is 2.06 bits per heavy atom. The molecule has 0 aliphatic heterocycles. The van der Waals surface area contributed by atoms with Crippen LogP contribution >= 0.6 is 34.8 Å². The number of H-pyrrole nitrogens is 1. The van der Waals surface area contributed by atoms with Crippen molar-refractivity contribution in [3.05, 3.63) is 26.5 Å². The van der Waals surface area contributed by atoms with Crippen LogP contribution in [0.3, 0.4) is 0 Å². The Balaban J connectivity index is 2.61. The molecule has 2 aromatic rings. The van der Waals surface area contributed by atoms with Gasteiger partial charge in [-0.2, -0.15) is 0 Å². The molecular weight excluding hydrogens is 331 g/mol. The number of aromatic nitrogens is 2. The van der Waals surface area contributed by atoms with E-state index < -0.39 is 0 Å². The van der Waals surface area contributed by atoms with Crippen LogP contribution < -0.4 is 0 Å². The summed E-state index contributed by atoms with van der Waals surface area (Å²) < 4.78 is 4.22. The third-order valence-corrected chi connectivity index (χ3v) is 3.36. The van der Waals surface area contributed by atoms with Gasteiger partial charge in [0.1, 0.15) is 0 Å². The summed E-state index contributed by atoms with van der Waals surface area (Å²) >= 11 is 7.68. The molecule has 0 saturated carbocycles. The molecule has 0 atom stereocenters. The fourth-order valence-corrected chi connectivity index (χ4v) is 2.53. The standard InChI is InChI=1S/C12H15IN2S/c1-12(2,3)7-15-10-5-4-8(13)6-9(10)14-11(15)16/h4-6H,7H2,1-3H3,(H,14,16). The van der Waals surface area contributed by atoms with E-state index in [9.17, 15) is 0 Å². The van der Waals surface area contributed by atoms with Crippen molar-refractivity contribution in [3.63, 3.8) is 0 Å². The van der Waals surface area contributed by atoms with Crippen LogP contribution in [-0.2, 0) is 6.54 Å². The summed E-state index contributed by atoms with van der Waals surface area (Å²) in [6, 6.07) is 6.38. The zero-order valence-corrected chi connectivity index (χ0v) is 12.6. The molecule has 0 aliphatic rings. The van der Waals surface area contributed by atoms with Gasteiger partial charge < -0.3 is 9.55 Å². The van der Waals surface area contributed by atoms with Crippen molar-refractivity contribution in [2.75, 3.05) is 0 Å². The maximum atomic E-state index is 5.37. The molecule has 0 aliphatic carbocycles. The molecule has 1 aromatic heterocycles. The zero-order valence-electron chi connectivity index (χ0n) is 9.67. The number of benzene rings is 1. The van der Waals surface area contributed by atoms with Crippen LogP contribution in [0, 0.1) is 13.8 Å². The summed E-state index contributed by atoms with van der Waals surface area (Å²) in [5.74, 6) is 0. The molecule has 1 heterocycles. The number of nitrogens with zero attached hydrogens (tertiary/aromatic N) is 1. The second-order valence-corrected chi connectivity index (χ2v) is 6.87. The van der Waals surface area contributed by atoms with Crippen molar-refractivity contribution in [2.24, 2.45) is 5.41 Å². The maximum absolute atomic E-state index is 5.37. The van der Waals surface area contributed by atoms with Crippen molar-refractivity contribution in [2.45, 2.75) is 27.3 Å². The monoisotopic (exact) mass is 346 g/mol. The zero-order chi connectivity index (χ0) is 11.9. The summed E-state index contributed by atoms with van der Waals surface area (Å²) in [7, 11) is 0. The van der Waals surface area contributed by atoms with E-state index in [4.69, 9.17) is 12.2 Å². The number of fused-ring (bicyclic) bond motifs is 1. The van der Waals surface area contributed by atoms with Crippen molar-refractivity contribution >= 4 is 45.8 Å². The number of rotatable bonds is 1. The van der Waals surface area contributed by atoms with Gasteiger partial charge in [-0.25, -0.2) is 0 Å². The minimum absolute atomic E-state index is 0.232. The Hall–Kier alpha value is -0.360. The fraction of sp³-hybridized carbons (Fsp3) is 0.417. The van der Waals surface area contributed by atoms with Gasteiger partial charge in [0.05, 0.1) is 11.0 Å². The topological polar surface area (TPSA) is 20.7 Å². The highest BCUT2D eigenvalue weighted by atomic mass is 127. The molecule has 0 unspecified atom stereocenters. The summed E-state index contributed by atoms with van der Waals surface area (Å²) in [4.78, 5) is 3.26. The van der Waals surface area contributed by atoms with Gasteiger partial charge in [-0.15, -0.1) is 0 Å². The first-order valence-electron chi connectivity index (χ1n) is 5.25. The van der Waals surface area contributed by atoms with Gasteiger partial charge in [-0.3, -0.25) is 0 Å². The van der Waals surface area contributed by atoms with Crippen molar-refractivity contribution < 1.29 is 0 Å². The Morgan fingerprint density at radius 1 is 1.38 bits per heavy atom. The quantitative estimate of drug-likeness (QED) is 0.601. The Labute approximate surface area is 114 Å². The largest absolute Gasteiger partial charge is 0.331 e. The van der Waals surface area contributed by atoms with E-state index in [1.54, 1.807) is 0 Å². The van der Waals surface area contributed by atoms with Crippen LogP contribution in [0.1, 0.15) is 20.8 Å². The van der Waals surface area contributed by atoms with Crippen molar-refractivity contribution in [1.82, 2.24) is 9.55 Å². The second kappa shape index (κ2) is 4.14. The number of nitrogens with one attached hydrogen (secondary N) is 1. The lowest BCUT2D eigenvalue weighted by Crippen LogP contribution is -2.15. The number of halogens is 1. The van der Waals surface area contributed by atoms with Gasteiger partial charge in [0.2, 0.25) is 0 Å². The lowest BCUT2D eigenvalue weighted by molar-refractivity contribution is 0.346. The SMILES string of the molecule is CC(C)(C)Cn1c(=S)[nH]c2cc(I)ccc21. The average Bonchev–Trinajstić information content (AvgIpc) is 2.40. The first-order valence-corrected chi connectivity index (χ1v) is 6.74. The van der Waals surface area contributed by atoms with Crippen LogP contribution in [-0.4, -0.2) is 9.55 Å². The molecular formula is C12H15IN2S. The first-order chi connectivity index (χ1) is 7.37. The van der Waals surface area contributed by atoms with Crippen molar-refractivity contribution in [3.8, 4) is 0 Å². The minimum atomic E-state index is 0.232. The van der Waals surface area contributed by atoms with Crippen LogP contribution in [0.2, 0.25) is 0 Å². The van der Waals surface area contributed by atoms with Crippen LogP contribution in [0.25, 0.3) is 11.0 Å². The van der Waals surface area contributed by atoms with E-state index in [0.29, 0.717) is 0 Å². The third kappa shape index (κ3) is 2.48. The van der Waals surface area contributed by atoms with E-state index in [-0.39, 0.29) is 5.41 Å². The highest BCUT2D eigenvalue weighted by Gasteiger charge is 2.14. The van der Waals surface area contributed by atoms with Gasteiger partial charge in [-0.05, 0) is 58.4 Å². The molecule has 4 heteroatoms. The second-order valence-electron chi connectivity index (χ2n) is 5.24. The molecule has 86 valence electrons.